The molecular weight excluding hydrogens is 537 g/mol. The molecule has 204 valence electrons. The monoisotopic (exact) mass is 567 g/mol. The van der Waals surface area contributed by atoms with E-state index in [0.29, 0.717) is 45.0 Å². The second kappa shape index (κ2) is 10.2. The highest BCUT2D eigenvalue weighted by Gasteiger charge is 2.36. The van der Waals surface area contributed by atoms with Crippen LogP contribution in [0.2, 0.25) is 10.0 Å². The van der Waals surface area contributed by atoms with Gasteiger partial charge in [-0.2, -0.15) is 10.2 Å². The van der Waals surface area contributed by atoms with Gasteiger partial charge >= 0.3 is 0 Å². The Bertz CT molecular complexity index is 1550. The van der Waals surface area contributed by atoms with Gasteiger partial charge in [-0.1, -0.05) is 30.1 Å². The molecule has 0 radical (unpaired) electrons. The summed E-state index contributed by atoms with van der Waals surface area (Å²) in [5.41, 5.74) is 4.33. The Labute approximate surface area is 238 Å². The van der Waals surface area contributed by atoms with Crippen molar-refractivity contribution in [2.45, 2.75) is 46.3 Å². The van der Waals surface area contributed by atoms with E-state index in [2.05, 4.69) is 12.0 Å². The van der Waals surface area contributed by atoms with Crippen LogP contribution in [0.1, 0.15) is 50.2 Å². The van der Waals surface area contributed by atoms with Crippen molar-refractivity contribution < 1.29 is 14.3 Å². The maximum Gasteiger partial charge on any atom is 0.275 e. The molecule has 0 spiro atoms. The molecule has 0 unspecified atom stereocenters. The van der Waals surface area contributed by atoms with Crippen molar-refractivity contribution in [3.8, 4) is 39.7 Å². The lowest BCUT2D eigenvalue weighted by Crippen LogP contribution is -2.46. The third-order valence-corrected chi connectivity index (χ3v) is 7.13. The Morgan fingerprint density at radius 3 is 2.41 bits per heavy atom. The number of hydrogen-bond donors (Lipinski definition) is 0. The summed E-state index contributed by atoms with van der Waals surface area (Å²) in [7, 11) is 3.48. The lowest BCUT2D eigenvalue weighted by molar-refractivity contribution is 0.0573. The minimum absolute atomic E-state index is 0.155. The number of carbonyl (C=O) groups excluding carboxylic acids is 1. The normalized spacial score (nSPS) is 12.5. The van der Waals surface area contributed by atoms with Crippen molar-refractivity contribution in [1.29, 1.82) is 0 Å². The average molecular weight is 569 g/mol. The van der Waals surface area contributed by atoms with E-state index in [1.807, 2.05) is 57.1 Å². The molecule has 0 fully saturated rings. The quantitative estimate of drug-likeness (QED) is 0.256. The number of benzene rings is 2. The van der Waals surface area contributed by atoms with E-state index in [9.17, 15) is 4.79 Å². The van der Waals surface area contributed by atoms with Crippen LogP contribution in [-0.2, 0) is 13.7 Å². The first-order valence-electron chi connectivity index (χ1n) is 12.8. The predicted octanol–water partition coefficient (Wildman–Crippen LogP) is 6.80. The number of fused-ring (bicyclic) bond motifs is 3. The number of hydrogen-bond acceptors (Lipinski definition) is 5. The molecule has 0 saturated heterocycles. The lowest BCUT2D eigenvalue weighted by Gasteiger charge is -2.35. The standard InChI is InChI=1S/C29H31Cl2N5O3/c1-7-9-35(29(2,3)4)28(37)26-22-16-39-25-15-24(38-6)20(23-8-10-34(5)32-23)14-21(25)27(22)36(33-26)19-12-17(30)11-18(31)13-19/h8,10-15H,7,9,16H2,1-6H3. The van der Waals surface area contributed by atoms with Crippen molar-refractivity contribution in [1.82, 2.24) is 24.5 Å². The largest absolute Gasteiger partial charge is 0.496 e. The Kier molecular flexibility index (Phi) is 7.11. The topological polar surface area (TPSA) is 74.4 Å². The number of methoxy groups -OCH3 is 1. The molecule has 0 saturated carbocycles. The van der Waals surface area contributed by atoms with Gasteiger partial charge in [0.25, 0.3) is 5.91 Å². The number of rotatable bonds is 6. The highest BCUT2D eigenvalue weighted by molar-refractivity contribution is 6.34. The summed E-state index contributed by atoms with van der Waals surface area (Å²) in [6.07, 6.45) is 2.70. The van der Waals surface area contributed by atoms with Crippen molar-refractivity contribution in [2.75, 3.05) is 13.7 Å². The van der Waals surface area contributed by atoms with Gasteiger partial charge in [-0.15, -0.1) is 0 Å². The van der Waals surface area contributed by atoms with Crippen LogP contribution in [-0.4, -0.2) is 49.6 Å². The van der Waals surface area contributed by atoms with Crippen molar-refractivity contribution in [3.05, 3.63) is 63.9 Å². The highest BCUT2D eigenvalue weighted by Crippen LogP contribution is 2.46. The number of carbonyl (C=O) groups is 1. The number of aryl methyl sites for hydroxylation is 1. The maximum absolute atomic E-state index is 14.0. The van der Waals surface area contributed by atoms with Crippen molar-refractivity contribution in [3.63, 3.8) is 0 Å². The van der Waals surface area contributed by atoms with E-state index in [1.54, 1.807) is 34.7 Å². The van der Waals surface area contributed by atoms with E-state index in [-0.39, 0.29) is 12.5 Å². The molecule has 0 atom stereocenters. The molecule has 1 amide bonds. The van der Waals surface area contributed by atoms with E-state index < -0.39 is 5.54 Å². The second-order valence-electron chi connectivity index (χ2n) is 10.6. The second-order valence-corrected chi connectivity index (χ2v) is 11.4. The third kappa shape index (κ3) is 4.99. The molecule has 5 rings (SSSR count). The van der Waals surface area contributed by atoms with Crippen LogP contribution in [0.4, 0.5) is 0 Å². The van der Waals surface area contributed by atoms with Crippen LogP contribution < -0.4 is 9.47 Å². The molecule has 0 N–H and O–H groups in total. The number of aromatic nitrogens is 4. The minimum Gasteiger partial charge on any atom is -0.496 e. The SMILES string of the molecule is CCCN(C(=O)c1nn(-c2cc(Cl)cc(Cl)c2)c2c1COc1cc(OC)c(-c3ccn(C)n3)cc1-2)C(C)(C)C. The molecule has 39 heavy (non-hydrogen) atoms. The van der Waals surface area contributed by atoms with Gasteiger partial charge in [0.2, 0.25) is 0 Å². The first-order valence-corrected chi connectivity index (χ1v) is 13.5. The van der Waals surface area contributed by atoms with Crippen LogP contribution in [0.25, 0.3) is 28.2 Å². The number of ether oxygens (including phenoxy) is 2. The van der Waals surface area contributed by atoms with E-state index in [1.165, 1.54) is 0 Å². The highest BCUT2D eigenvalue weighted by atomic mass is 35.5. The Hall–Kier alpha value is -3.49. The van der Waals surface area contributed by atoms with Crippen molar-refractivity contribution in [2.24, 2.45) is 7.05 Å². The maximum atomic E-state index is 14.0. The van der Waals surface area contributed by atoms with Crippen LogP contribution in [0, 0.1) is 0 Å². The molecule has 4 aromatic rings. The van der Waals surface area contributed by atoms with Gasteiger partial charge in [0.05, 0.1) is 24.2 Å². The fourth-order valence-corrected chi connectivity index (χ4v) is 5.43. The number of amides is 1. The number of nitrogens with zero attached hydrogens (tertiary/aromatic N) is 5. The summed E-state index contributed by atoms with van der Waals surface area (Å²) in [6.45, 7) is 8.91. The van der Waals surface area contributed by atoms with Gasteiger partial charge in [0.1, 0.15) is 18.1 Å². The molecule has 3 heterocycles. The van der Waals surface area contributed by atoms with Gasteiger partial charge in [0, 0.05) is 58.1 Å². The summed E-state index contributed by atoms with van der Waals surface area (Å²) in [6, 6.07) is 11.0. The third-order valence-electron chi connectivity index (χ3n) is 6.70. The van der Waals surface area contributed by atoms with Gasteiger partial charge < -0.3 is 14.4 Å². The van der Waals surface area contributed by atoms with E-state index in [4.69, 9.17) is 37.8 Å². The summed E-state index contributed by atoms with van der Waals surface area (Å²) < 4.78 is 15.4. The average Bonchev–Trinajstić information content (AvgIpc) is 3.48. The zero-order chi connectivity index (χ0) is 28.1. The summed E-state index contributed by atoms with van der Waals surface area (Å²) in [4.78, 5) is 15.9. The van der Waals surface area contributed by atoms with Gasteiger partial charge in [-0.25, -0.2) is 4.68 Å². The fourth-order valence-electron chi connectivity index (χ4n) is 4.92. The lowest BCUT2D eigenvalue weighted by atomic mass is 9.97. The Balaban J connectivity index is 1.78. The fraction of sp³-hybridized carbons (Fsp3) is 0.345. The molecule has 2 aromatic heterocycles. The molecule has 0 aliphatic carbocycles. The summed E-state index contributed by atoms with van der Waals surface area (Å²) in [5, 5.41) is 10.4. The van der Waals surface area contributed by atoms with Gasteiger partial charge in [-0.3, -0.25) is 9.48 Å². The van der Waals surface area contributed by atoms with E-state index >= 15 is 0 Å². The summed E-state index contributed by atoms with van der Waals surface area (Å²) in [5.74, 6) is 1.09. The van der Waals surface area contributed by atoms with Crippen LogP contribution in [0.5, 0.6) is 11.5 Å². The molecule has 8 nitrogen and oxygen atoms in total. The van der Waals surface area contributed by atoms with Crippen LogP contribution in [0.15, 0.2) is 42.6 Å². The number of halogens is 2. The molecule has 0 bridgehead atoms. The van der Waals surface area contributed by atoms with E-state index in [0.717, 1.165) is 28.9 Å². The molecule has 1 aliphatic rings. The first-order chi connectivity index (χ1) is 18.5. The Morgan fingerprint density at radius 1 is 1.10 bits per heavy atom. The van der Waals surface area contributed by atoms with Crippen LogP contribution in [0.3, 0.4) is 0 Å². The minimum atomic E-state index is -0.393. The zero-order valence-corrected chi connectivity index (χ0v) is 24.4. The molecule has 10 heteroatoms. The smallest absolute Gasteiger partial charge is 0.275 e. The van der Waals surface area contributed by atoms with Gasteiger partial charge in [-0.05, 0) is 57.5 Å². The predicted molar refractivity (Wildman–Crippen MR) is 153 cm³/mol. The molecule has 2 aromatic carbocycles. The van der Waals surface area contributed by atoms with Crippen molar-refractivity contribution >= 4 is 29.1 Å². The van der Waals surface area contributed by atoms with Gasteiger partial charge in [0.15, 0.2) is 5.69 Å². The summed E-state index contributed by atoms with van der Waals surface area (Å²) >= 11 is 12.8. The first kappa shape index (κ1) is 27.1. The molecule has 1 aliphatic heterocycles. The van der Waals surface area contributed by atoms with Crippen LogP contribution >= 0.6 is 23.2 Å². The molecular formula is C29H31Cl2N5O3. The zero-order valence-electron chi connectivity index (χ0n) is 22.9. The Morgan fingerprint density at radius 2 is 1.82 bits per heavy atom.